The van der Waals surface area contributed by atoms with Gasteiger partial charge < -0.3 is 15.0 Å². The highest BCUT2D eigenvalue weighted by molar-refractivity contribution is 7.90. The maximum atomic E-state index is 11.5. The van der Waals surface area contributed by atoms with Crippen molar-refractivity contribution in [2.75, 3.05) is 43.9 Å². The molecule has 1 aromatic rings. The number of morpholine rings is 1. The zero-order valence-electron chi connectivity index (χ0n) is 12.2. The van der Waals surface area contributed by atoms with Gasteiger partial charge in [-0.25, -0.2) is 13.4 Å². The molecule has 0 unspecified atom stereocenters. The number of hydrogen-bond acceptors (Lipinski definition) is 6. The van der Waals surface area contributed by atoms with Crippen LogP contribution in [0.2, 0.25) is 0 Å². The summed E-state index contributed by atoms with van der Waals surface area (Å²) in [5, 5.41) is 3.35. The third-order valence-corrected chi connectivity index (χ3v) is 5.33. The summed E-state index contributed by atoms with van der Waals surface area (Å²) in [5.74, 6) is 0.823. The molecule has 116 valence electrons. The van der Waals surface area contributed by atoms with Gasteiger partial charge in [-0.1, -0.05) is 0 Å². The predicted octanol–water partition coefficient (Wildman–Crippen LogP) is 0.444. The Morgan fingerprint density at radius 1 is 1.33 bits per heavy atom. The molecule has 2 saturated heterocycles. The zero-order chi connectivity index (χ0) is 14.9. The van der Waals surface area contributed by atoms with Gasteiger partial charge in [-0.05, 0) is 38.1 Å². The predicted molar refractivity (Wildman–Crippen MR) is 80.3 cm³/mol. The Kier molecular flexibility index (Phi) is 3.90. The van der Waals surface area contributed by atoms with Crippen molar-refractivity contribution in [2.24, 2.45) is 0 Å². The summed E-state index contributed by atoms with van der Waals surface area (Å²) in [6, 6.07) is 3.42. The Bertz CT molecular complexity index is 589. The Morgan fingerprint density at radius 2 is 2.10 bits per heavy atom. The van der Waals surface area contributed by atoms with Gasteiger partial charge in [-0.15, -0.1) is 0 Å². The average Bonchev–Trinajstić information content (AvgIpc) is 2.47. The number of nitrogens with one attached hydrogen (secondary N) is 1. The van der Waals surface area contributed by atoms with Crippen molar-refractivity contribution in [1.82, 2.24) is 10.3 Å². The third kappa shape index (κ3) is 3.20. The maximum absolute atomic E-state index is 11.5. The van der Waals surface area contributed by atoms with Crippen LogP contribution in [0.5, 0.6) is 0 Å². The number of pyridine rings is 1. The maximum Gasteiger partial charge on any atom is 0.177 e. The summed E-state index contributed by atoms with van der Waals surface area (Å²) < 4.78 is 29.0. The fourth-order valence-electron chi connectivity index (χ4n) is 3.00. The summed E-state index contributed by atoms with van der Waals surface area (Å²) in [6.45, 7) is 4.26. The van der Waals surface area contributed by atoms with E-state index in [9.17, 15) is 8.42 Å². The molecule has 1 spiro atoms. The molecule has 0 radical (unpaired) electrons. The van der Waals surface area contributed by atoms with Crippen LogP contribution in [0.25, 0.3) is 0 Å². The van der Waals surface area contributed by atoms with Crippen LogP contribution in [-0.2, 0) is 14.6 Å². The molecule has 1 aromatic heterocycles. The van der Waals surface area contributed by atoms with Crippen LogP contribution in [0.1, 0.15) is 12.8 Å². The highest BCUT2D eigenvalue weighted by Gasteiger charge is 2.38. The lowest BCUT2D eigenvalue weighted by Crippen LogP contribution is -2.56. The van der Waals surface area contributed by atoms with Crippen LogP contribution >= 0.6 is 0 Å². The van der Waals surface area contributed by atoms with Crippen molar-refractivity contribution >= 4 is 15.7 Å². The summed E-state index contributed by atoms with van der Waals surface area (Å²) in [5.41, 5.74) is -0.0827. The first-order valence-electron chi connectivity index (χ1n) is 7.24. The van der Waals surface area contributed by atoms with Crippen LogP contribution < -0.4 is 10.2 Å². The van der Waals surface area contributed by atoms with E-state index in [-0.39, 0.29) is 10.5 Å². The van der Waals surface area contributed by atoms with E-state index in [0.29, 0.717) is 6.61 Å². The van der Waals surface area contributed by atoms with Gasteiger partial charge in [-0.2, -0.15) is 0 Å². The fraction of sp³-hybridized carbons (Fsp3) is 0.643. The van der Waals surface area contributed by atoms with Gasteiger partial charge in [-0.3, -0.25) is 0 Å². The molecule has 0 saturated carbocycles. The lowest BCUT2D eigenvalue weighted by atomic mass is 9.90. The van der Waals surface area contributed by atoms with E-state index < -0.39 is 9.84 Å². The molecule has 0 aromatic carbocycles. The minimum absolute atomic E-state index is 0.0827. The molecular formula is C14H21N3O3S. The van der Waals surface area contributed by atoms with Crippen LogP contribution in [-0.4, -0.2) is 58.0 Å². The van der Waals surface area contributed by atoms with Crippen LogP contribution in [0, 0.1) is 0 Å². The van der Waals surface area contributed by atoms with Gasteiger partial charge in [0.15, 0.2) is 9.84 Å². The third-order valence-electron chi connectivity index (χ3n) is 4.24. The van der Waals surface area contributed by atoms with E-state index in [1.165, 1.54) is 12.5 Å². The molecule has 21 heavy (non-hydrogen) atoms. The van der Waals surface area contributed by atoms with Gasteiger partial charge >= 0.3 is 0 Å². The summed E-state index contributed by atoms with van der Waals surface area (Å²) in [7, 11) is -3.19. The molecule has 2 aliphatic heterocycles. The summed E-state index contributed by atoms with van der Waals surface area (Å²) in [6.07, 6.45) is 4.65. The summed E-state index contributed by atoms with van der Waals surface area (Å²) >= 11 is 0. The van der Waals surface area contributed by atoms with Crippen molar-refractivity contribution in [3.63, 3.8) is 0 Å². The first kappa shape index (κ1) is 14.7. The van der Waals surface area contributed by atoms with Gasteiger partial charge in [0.05, 0.1) is 17.1 Å². The van der Waals surface area contributed by atoms with E-state index in [0.717, 1.165) is 44.8 Å². The second kappa shape index (κ2) is 5.55. The second-order valence-corrected chi connectivity index (χ2v) is 7.84. The van der Waals surface area contributed by atoms with Gasteiger partial charge in [0.25, 0.3) is 0 Å². The molecule has 0 amide bonds. The largest absolute Gasteiger partial charge is 0.371 e. The van der Waals surface area contributed by atoms with Crippen LogP contribution in [0.3, 0.4) is 0 Å². The van der Waals surface area contributed by atoms with Crippen molar-refractivity contribution in [2.45, 2.75) is 23.3 Å². The molecule has 2 aliphatic rings. The Morgan fingerprint density at radius 3 is 2.71 bits per heavy atom. The highest BCUT2D eigenvalue weighted by atomic mass is 32.2. The van der Waals surface area contributed by atoms with Crippen molar-refractivity contribution in [1.29, 1.82) is 0 Å². The number of sulfone groups is 1. The standard InChI is InChI=1S/C14H21N3O3S/c1-21(18,19)12-2-3-13(16-10-12)17-8-9-20-14(11-17)4-6-15-7-5-14/h2-3,10,15H,4-9,11H2,1H3. The van der Waals surface area contributed by atoms with Crippen molar-refractivity contribution in [3.05, 3.63) is 18.3 Å². The minimum atomic E-state index is -3.19. The highest BCUT2D eigenvalue weighted by Crippen LogP contribution is 2.29. The van der Waals surface area contributed by atoms with E-state index >= 15 is 0 Å². The Labute approximate surface area is 125 Å². The lowest BCUT2D eigenvalue weighted by Gasteiger charge is -2.45. The van der Waals surface area contributed by atoms with Gasteiger partial charge in [0.2, 0.25) is 0 Å². The normalized spacial score (nSPS) is 22.4. The summed E-state index contributed by atoms with van der Waals surface area (Å²) in [4.78, 5) is 6.78. The smallest absolute Gasteiger partial charge is 0.177 e. The molecular weight excluding hydrogens is 290 g/mol. The van der Waals surface area contributed by atoms with Gasteiger partial charge in [0, 0.05) is 25.5 Å². The number of hydrogen-bond donors (Lipinski definition) is 1. The molecule has 1 N–H and O–H groups in total. The first-order valence-corrected chi connectivity index (χ1v) is 9.13. The number of ether oxygens (including phenoxy) is 1. The molecule has 0 atom stereocenters. The second-order valence-electron chi connectivity index (χ2n) is 5.83. The van der Waals surface area contributed by atoms with E-state index in [4.69, 9.17) is 4.74 Å². The molecule has 2 fully saturated rings. The Hall–Kier alpha value is -1.18. The van der Waals surface area contributed by atoms with E-state index in [2.05, 4.69) is 15.2 Å². The van der Waals surface area contributed by atoms with E-state index in [1.54, 1.807) is 12.1 Å². The average molecular weight is 311 g/mol. The molecule has 0 aliphatic carbocycles. The SMILES string of the molecule is CS(=O)(=O)c1ccc(N2CCOC3(CCNCC3)C2)nc1. The van der Waals surface area contributed by atoms with Gasteiger partial charge in [0.1, 0.15) is 5.82 Å². The first-order chi connectivity index (χ1) is 9.99. The van der Waals surface area contributed by atoms with E-state index in [1.807, 2.05) is 0 Å². The lowest BCUT2D eigenvalue weighted by molar-refractivity contribution is -0.0740. The minimum Gasteiger partial charge on any atom is -0.371 e. The Balaban J connectivity index is 1.77. The number of rotatable bonds is 2. The number of nitrogens with zero attached hydrogens (tertiary/aromatic N) is 2. The quantitative estimate of drug-likeness (QED) is 0.855. The topological polar surface area (TPSA) is 71.5 Å². The molecule has 3 heterocycles. The number of aromatic nitrogens is 1. The molecule has 0 bridgehead atoms. The molecule has 7 heteroatoms. The fourth-order valence-corrected chi connectivity index (χ4v) is 3.56. The molecule has 3 rings (SSSR count). The van der Waals surface area contributed by atoms with Crippen molar-refractivity contribution < 1.29 is 13.2 Å². The monoisotopic (exact) mass is 311 g/mol. The zero-order valence-corrected chi connectivity index (χ0v) is 13.0. The van der Waals surface area contributed by atoms with Crippen LogP contribution in [0.4, 0.5) is 5.82 Å². The van der Waals surface area contributed by atoms with Crippen molar-refractivity contribution in [3.8, 4) is 0 Å². The molecule has 6 nitrogen and oxygen atoms in total. The number of anilines is 1. The van der Waals surface area contributed by atoms with Crippen LogP contribution in [0.15, 0.2) is 23.2 Å². The number of piperidine rings is 1.